The van der Waals surface area contributed by atoms with Gasteiger partial charge in [0.15, 0.2) is 0 Å². The molecule has 0 spiro atoms. The summed E-state index contributed by atoms with van der Waals surface area (Å²) in [6.45, 7) is 3.10. The van der Waals surface area contributed by atoms with E-state index in [1.807, 2.05) is 12.1 Å². The van der Waals surface area contributed by atoms with E-state index in [0.29, 0.717) is 6.04 Å². The summed E-state index contributed by atoms with van der Waals surface area (Å²) in [7, 11) is 0. The maximum absolute atomic E-state index is 12.9. The third-order valence-electron chi connectivity index (χ3n) is 4.06. The molecule has 1 aliphatic carbocycles. The topological polar surface area (TPSA) is 12.0 Å². The molecular weight excluding hydrogens is 225 g/mol. The average Bonchev–Trinajstić information content (AvgIpc) is 2.89. The Bertz CT molecular complexity index is 341. The first-order valence-corrected chi connectivity index (χ1v) is 7.28. The zero-order chi connectivity index (χ0) is 12.8. The van der Waals surface area contributed by atoms with Crippen LogP contribution in [0, 0.1) is 11.7 Å². The highest BCUT2D eigenvalue weighted by Crippen LogP contribution is 2.31. The lowest BCUT2D eigenvalue weighted by Crippen LogP contribution is -2.21. The van der Waals surface area contributed by atoms with Crippen molar-refractivity contribution >= 4 is 0 Å². The molecule has 1 saturated carbocycles. The predicted octanol–water partition coefficient (Wildman–Crippen LogP) is 4.45. The predicted molar refractivity (Wildman–Crippen MR) is 74.0 cm³/mol. The summed E-state index contributed by atoms with van der Waals surface area (Å²) in [5.74, 6) is 0.774. The van der Waals surface area contributed by atoms with Gasteiger partial charge in [0.1, 0.15) is 5.82 Å². The zero-order valence-electron chi connectivity index (χ0n) is 11.3. The van der Waals surface area contributed by atoms with Crippen LogP contribution in [0.25, 0.3) is 0 Å². The Hall–Kier alpha value is -0.890. The van der Waals surface area contributed by atoms with Gasteiger partial charge in [-0.05, 0) is 43.0 Å². The average molecular weight is 249 g/mol. The minimum atomic E-state index is -0.148. The zero-order valence-corrected chi connectivity index (χ0v) is 11.3. The van der Waals surface area contributed by atoms with Crippen LogP contribution in [0.3, 0.4) is 0 Å². The summed E-state index contributed by atoms with van der Waals surface area (Å²) in [6, 6.07) is 7.34. The van der Waals surface area contributed by atoms with E-state index in [1.54, 1.807) is 12.1 Å². The molecule has 2 rings (SSSR count). The molecule has 0 bridgehead atoms. The molecule has 0 saturated heterocycles. The summed E-state index contributed by atoms with van der Waals surface area (Å²) in [5, 5.41) is 3.52. The van der Waals surface area contributed by atoms with Gasteiger partial charge >= 0.3 is 0 Å². The van der Waals surface area contributed by atoms with Gasteiger partial charge in [0, 0.05) is 6.04 Å². The second-order valence-corrected chi connectivity index (χ2v) is 5.39. The van der Waals surface area contributed by atoms with Crippen LogP contribution in [0.2, 0.25) is 0 Å². The number of hydrogen-bond acceptors (Lipinski definition) is 1. The van der Waals surface area contributed by atoms with Gasteiger partial charge in [0.2, 0.25) is 0 Å². The normalized spacial score (nSPS) is 18.1. The first kappa shape index (κ1) is 13.5. The number of halogens is 1. The Labute approximate surface area is 110 Å². The second-order valence-electron chi connectivity index (χ2n) is 5.39. The van der Waals surface area contributed by atoms with Crippen molar-refractivity contribution in [1.82, 2.24) is 5.32 Å². The molecule has 2 heteroatoms. The lowest BCUT2D eigenvalue weighted by Gasteiger charge is -2.20. The molecule has 0 heterocycles. The maximum atomic E-state index is 12.9. The van der Waals surface area contributed by atoms with Crippen molar-refractivity contribution in [3.8, 4) is 0 Å². The van der Waals surface area contributed by atoms with Crippen LogP contribution >= 0.6 is 0 Å². The van der Waals surface area contributed by atoms with Crippen LogP contribution in [-0.4, -0.2) is 6.54 Å². The molecule has 1 aromatic carbocycles. The molecule has 1 aliphatic rings. The number of hydrogen-bond donors (Lipinski definition) is 1. The summed E-state index contributed by atoms with van der Waals surface area (Å²) in [5.41, 5.74) is 1.22. The largest absolute Gasteiger partial charge is 0.310 e. The van der Waals surface area contributed by atoms with Crippen LogP contribution in [0.5, 0.6) is 0 Å². The molecule has 1 fully saturated rings. The quantitative estimate of drug-likeness (QED) is 0.785. The Morgan fingerprint density at radius 3 is 2.50 bits per heavy atom. The first-order chi connectivity index (χ1) is 8.79. The van der Waals surface area contributed by atoms with Gasteiger partial charge in [-0.3, -0.25) is 0 Å². The Morgan fingerprint density at radius 2 is 1.89 bits per heavy atom. The van der Waals surface area contributed by atoms with E-state index in [0.717, 1.165) is 12.5 Å². The highest BCUT2D eigenvalue weighted by Gasteiger charge is 2.17. The Balaban J connectivity index is 1.91. The molecule has 1 N–H and O–H groups in total. The van der Waals surface area contributed by atoms with Crippen molar-refractivity contribution in [2.45, 2.75) is 51.5 Å². The third-order valence-corrected chi connectivity index (χ3v) is 4.06. The Morgan fingerprint density at radius 1 is 1.22 bits per heavy atom. The van der Waals surface area contributed by atoms with Crippen LogP contribution < -0.4 is 5.32 Å². The van der Waals surface area contributed by atoms with Gasteiger partial charge in [-0.2, -0.15) is 0 Å². The second kappa shape index (κ2) is 6.89. The molecule has 1 aromatic rings. The molecule has 0 radical (unpaired) electrons. The molecule has 1 atom stereocenters. The lowest BCUT2D eigenvalue weighted by atomic mass is 9.95. The summed E-state index contributed by atoms with van der Waals surface area (Å²) < 4.78 is 12.9. The third kappa shape index (κ3) is 3.81. The van der Waals surface area contributed by atoms with Crippen molar-refractivity contribution in [3.05, 3.63) is 35.6 Å². The smallest absolute Gasteiger partial charge is 0.123 e. The SMILES string of the molecule is CCNC(CCC1CCCC1)c1ccc(F)cc1. The van der Waals surface area contributed by atoms with Crippen LogP contribution in [-0.2, 0) is 0 Å². The van der Waals surface area contributed by atoms with Gasteiger partial charge in [-0.25, -0.2) is 4.39 Å². The van der Waals surface area contributed by atoms with E-state index in [-0.39, 0.29) is 5.82 Å². The minimum Gasteiger partial charge on any atom is -0.310 e. The van der Waals surface area contributed by atoms with Crippen molar-refractivity contribution in [2.24, 2.45) is 5.92 Å². The molecule has 18 heavy (non-hydrogen) atoms. The standard InChI is InChI=1S/C16H24FN/c1-2-18-16(12-7-13-5-3-4-6-13)14-8-10-15(17)11-9-14/h8-11,13,16,18H,2-7,12H2,1H3. The number of nitrogens with one attached hydrogen (secondary N) is 1. The van der Waals surface area contributed by atoms with Gasteiger partial charge in [-0.1, -0.05) is 44.7 Å². The monoisotopic (exact) mass is 249 g/mol. The summed E-state index contributed by atoms with van der Waals surface area (Å²) in [6.07, 6.45) is 8.10. The van der Waals surface area contributed by atoms with Crippen molar-refractivity contribution < 1.29 is 4.39 Å². The van der Waals surface area contributed by atoms with Gasteiger partial charge in [0.25, 0.3) is 0 Å². The highest BCUT2D eigenvalue weighted by atomic mass is 19.1. The van der Waals surface area contributed by atoms with E-state index < -0.39 is 0 Å². The summed E-state index contributed by atoms with van der Waals surface area (Å²) in [4.78, 5) is 0. The van der Waals surface area contributed by atoms with Crippen molar-refractivity contribution in [1.29, 1.82) is 0 Å². The van der Waals surface area contributed by atoms with E-state index in [4.69, 9.17) is 0 Å². The lowest BCUT2D eigenvalue weighted by molar-refractivity contribution is 0.416. The molecule has 100 valence electrons. The van der Waals surface area contributed by atoms with Crippen LogP contribution in [0.15, 0.2) is 24.3 Å². The van der Waals surface area contributed by atoms with Gasteiger partial charge in [0.05, 0.1) is 0 Å². The molecular formula is C16H24FN. The molecule has 1 unspecified atom stereocenters. The summed E-state index contributed by atoms with van der Waals surface area (Å²) >= 11 is 0. The molecule has 0 aromatic heterocycles. The van der Waals surface area contributed by atoms with Gasteiger partial charge in [-0.15, -0.1) is 0 Å². The van der Waals surface area contributed by atoms with Gasteiger partial charge < -0.3 is 5.32 Å². The fraction of sp³-hybridized carbons (Fsp3) is 0.625. The number of benzene rings is 1. The van der Waals surface area contributed by atoms with Crippen molar-refractivity contribution in [2.75, 3.05) is 6.54 Å². The maximum Gasteiger partial charge on any atom is 0.123 e. The molecule has 0 amide bonds. The fourth-order valence-corrected chi connectivity index (χ4v) is 3.03. The molecule has 0 aliphatic heterocycles. The molecule has 1 nitrogen and oxygen atoms in total. The number of rotatable bonds is 6. The Kier molecular flexibility index (Phi) is 5.18. The van der Waals surface area contributed by atoms with E-state index in [2.05, 4.69) is 12.2 Å². The van der Waals surface area contributed by atoms with E-state index >= 15 is 0 Å². The van der Waals surface area contributed by atoms with Crippen molar-refractivity contribution in [3.63, 3.8) is 0 Å². The highest BCUT2D eigenvalue weighted by molar-refractivity contribution is 5.19. The fourth-order valence-electron chi connectivity index (χ4n) is 3.03. The van der Waals surface area contributed by atoms with E-state index in [1.165, 1.54) is 44.1 Å². The first-order valence-electron chi connectivity index (χ1n) is 7.28. The van der Waals surface area contributed by atoms with Crippen LogP contribution in [0.1, 0.15) is 57.1 Å². The van der Waals surface area contributed by atoms with E-state index in [9.17, 15) is 4.39 Å². The van der Waals surface area contributed by atoms with Crippen LogP contribution in [0.4, 0.5) is 4.39 Å². The minimum absolute atomic E-state index is 0.148.